The van der Waals surface area contributed by atoms with E-state index in [0.29, 0.717) is 5.56 Å². The molecule has 1 aliphatic rings. The maximum atomic E-state index is 11.0. The molecule has 1 aromatic carbocycles. The first kappa shape index (κ1) is 21.6. The molecule has 150 valence electrons. The van der Waals surface area contributed by atoms with Crippen molar-refractivity contribution in [2.45, 2.75) is 30.7 Å². The van der Waals surface area contributed by atoms with E-state index in [9.17, 15) is 25.2 Å². The SMILES string of the molecule is COc1cc(/C=C/C(=O)Br)cc(OC)c1O[C@@H]1O[C@H](CO)[C@@H](O)[C@H](O)[C@@H]1O. The van der Waals surface area contributed by atoms with Gasteiger partial charge in [-0.15, -0.1) is 0 Å². The van der Waals surface area contributed by atoms with Crippen molar-refractivity contribution in [1.29, 1.82) is 0 Å². The molecule has 0 saturated carbocycles. The van der Waals surface area contributed by atoms with E-state index in [1.165, 1.54) is 26.4 Å². The Hall–Kier alpha value is -1.69. The van der Waals surface area contributed by atoms with Crippen molar-refractivity contribution in [3.05, 3.63) is 23.8 Å². The van der Waals surface area contributed by atoms with Crippen LogP contribution >= 0.6 is 15.9 Å². The number of benzene rings is 1. The van der Waals surface area contributed by atoms with Gasteiger partial charge in [-0.3, -0.25) is 4.79 Å². The number of hydrogen-bond acceptors (Lipinski definition) is 9. The van der Waals surface area contributed by atoms with E-state index in [1.807, 2.05) is 0 Å². The van der Waals surface area contributed by atoms with Crippen molar-refractivity contribution in [2.24, 2.45) is 0 Å². The number of halogens is 1. The van der Waals surface area contributed by atoms with Gasteiger partial charge in [-0.2, -0.15) is 0 Å². The summed E-state index contributed by atoms with van der Waals surface area (Å²) < 4.78 is 21.2. The highest BCUT2D eigenvalue weighted by Crippen LogP contribution is 2.40. The molecule has 0 unspecified atom stereocenters. The molecule has 5 atom stereocenters. The minimum atomic E-state index is -1.58. The lowest BCUT2D eigenvalue weighted by Gasteiger charge is -2.39. The fourth-order valence-electron chi connectivity index (χ4n) is 2.56. The van der Waals surface area contributed by atoms with Crippen LogP contribution in [0, 0.1) is 0 Å². The highest BCUT2D eigenvalue weighted by Gasteiger charge is 2.45. The lowest BCUT2D eigenvalue weighted by atomic mass is 9.99. The van der Waals surface area contributed by atoms with Gasteiger partial charge in [0, 0.05) is 0 Å². The van der Waals surface area contributed by atoms with Crippen LogP contribution in [0.3, 0.4) is 0 Å². The van der Waals surface area contributed by atoms with E-state index < -0.39 is 37.3 Å². The maximum absolute atomic E-state index is 11.0. The molecule has 0 aromatic heterocycles. The Morgan fingerprint density at radius 2 is 1.74 bits per heavy atom. The normalized spacial score (nSPS) is 28.2. The standard InChI is InChI=1S/C17H21BrO9/c1-24-9-5-8(3-4-12(18)20)6-10(25-2)16(9)27-17-15(23)14(22)13(21)11(7-19)26-17/h3-6,11,13-15,17,19,21-23H,7H2,1-2H3/b4-3+/t11-,13-,14+,15+,17+/m1/s1. The highest BCUT2D eigenvalue weighted by atomic mass is 79.9. The number of ether oxygens (including phenoxy) is 4. The van der Waals surface area contributed by atoms with Gasteiger partial charge in [0.15, 0.2) is 11.5 Å². The zero-order valence-electron chi connectivity index (χ0n) is 14.6. The van der Waals surface area contributed by atoms with E-state index in [2.05, 4.69) is 15.9 Å². The first-order chi connectivity index (χ1) is 12.8. The molecule has 10 heteroatoms. The van der Waals surface area contributed by atoms with Crippen molar-refractivity contribution < 1.29 is 44.2 Å². The third kappa shape index (κ3) is 4.98. The van der Waals surface area contributed by atoms with Gasteiger partial charge in [-0.1, -0.05) is 6.08 Å². The second-order valence-electron chi connectivity index (χ2n) is 5.71. The second-order valence-corrected chi connectivity index (χ2v) is 6.49. The average Bonchev–Trinajstić information content (AvgIpc) is 2.66. The van der Waals surface area contributed by atoms with Crippen LogP contribution in [0.1, 0.15) is 5.56 Å². The summed E-state index contributed by atoms with van der Waals surface area (Å²) in [5.74, 6) is 0.507. The maximum Gasteiger partial charge on any atom is 0.229 e. The number of aliphatic hydroxyl groups is 4. The highest BCUT2D eigenvalue weighted by molar-refractivity contribution is 9.18. The molecule has 0 amide bonds. The smallest absolute Gasteiger partial charge is 0.229 e. The predicted octanol–water partition coefficient (Wildman–Crippen LogP) is -0.183. The summed E-state index contributed by atoms with van der Waals surface area (Å²) in [5, 5.41) is 39.1. The molecule has 9 nitrogen and oxygen atoms in total. The van der Waals surface area contributed by atoms with Crippen molar-refractivity contribution in [2.75, 3.05) is 20.8 Å². The molecule has 1 aliphatic heterocycles. The van der Waals surface area contributed by atoms with Crippen molar-refractivity contribution in [3.63, 3.8) is 0 Å². The number of rotatable bonds is 7. The zero-order valence-corrected chi connectivity index (χ0v) is 16.2. The Bertz CT molecular complexity index is 666. The van der Waals surface area contributed by atoms with E-state index in [4.69, 9.17) is 18.9 Å². The molecule has 1 heterocycles. The minimum Gasteiger partial charge on any atom is -0.493 e. The Labute approximate surface area is 163 Å². The van der Waals surface area contributed by atoms with Crippen LogP contribution in [0.2, 0.25) is 0 Å². The molecule has 1 fully saturated rings. The molecule has 0 radical (unpaired) electrons. The molecule has 1 aromatic rings. The Kier molecular flexibility index (Phi) is 7.59. The van der Waals surface area contributed by atoms with Gasteiger partial charge in [-0.05, 0) is 39.7 Å². The molecule has 27 heavy (non-hydrogen) atoms. The van der Waals surface area contributed by atoms with Crippen LogP contribution in [-0.2, 0) is 9.53 Å². The lowest BCUT2D eigenvalue weighted by Crippen LogP contribution is -2.60. The van der Waals surface area contributed by atoms with Gasteiger partial charge in [0.2, 0.25) is 16.7 Å². The van der Waals surface area contributed by atoms with Crippen LogP contribution < -0.4 is 14.2 Å². The third-order valence-electron chi connectivity index (χ3n) is 3.97. The molecule has 0 aliphatic carbocycles. The molecular formula is C17H21BrO9. The molecule has 4 N–H and O–H groups in total. The number of aliphatic hydroxyl groups excluding tert-OH is 4. The summed E-state index contributed by atoms with van der Waals surface area (Å²) in [7, 11) is 2.77. The Morgan fingerprint density at radius 3 is 2.22 bits per heavy atom. The molecule has 0 bridgehead atoms. The van der Waals surface area contributed by atoms with Crippen LogP contribution in [-0.4, -0.2) is 76.7 Å². The van der Waals surface area contributed by atoms with Gasteiger partial charge < -0.3 is 39.4 Å². The quantitative estimate of drug-likeness (QED) is 0.330. The van der Waals surface area contributed by atoms with E-state index in [-0.39, 0.29) is 21.9 Å². The van der Waals surface area contributed by atoms with Gasteiger partial charge in [0.1, 0.15) is 24.4 Å². The predicted molar refractivity (Wildman–Crippen MR) is 96.9 cm³/mol. The number of methoxy groups -OCH3 is 2. The van der Waals surface area contributed by atoms with E-state index in [0.717, 1.165) is 0 Å². The lowest BCUT2D eigenvalue weighted by molar-refractivity contribution is -0.277. The second kappa shape index (κ2) is 9.49. The summed E-state index contributed by atoms with van der Waals surface area (Å²) >= 11 is 2.79. The van der Waals surface area contributed by atoms with Gasteiger partial charge in [0.25, 0.3) is 0 Å². The number of hydrogen-bond donors (Lipinski definition) is 4. The monoisotopic (exact) mass is 448 g/mol. The van der Waals surface area contributed by atoms with Crippen LogP contribution in [0.25, 0.3) is 6.08 Å². The first-order valence-corrected chi connectivity index (χ1v) is 8.72. The van der Waals surface area contributed by atoms with Crippen molar-refractivity contribution in [3.8, 4) is 17.2 Å². The zero-order chi connectivity index (χ0) is 20.1. The summed E-state index contributed by atoms with van der Waals surface area (Å²) in [6, 6.07) is 3.13. The fourth-order valence-corrected chi connectivity index (χ4v) is 2.69. The molecule has 2 rings (SSSR count). The third-order valence-corrected chi connectivity index (χ3v) is 4.24. The van der Waals surface area contributed by atoms with E-state index >= 15 is 0 Å². The van der Waals surface area contributed by atoms with Crippen LogP contribution in [0.4, 0.5) is 0 Å². The van der Waals surface area contributed by atoms with Gasteiger partial charge >= 0.3 is 0 Å². The number of allylic oxidation sites excluding steroid dienone is 1. The number of carbonyl (C=O) groups excluding carboxylic acids is 1. The van der Waals surface area contributed by atoms with Crippen LogP contribution in [0.15, 0.2) is 18.2 Å². The Morgan fingerprint density at radius 1 is 1.15 bits per heavy atom. The van der Waals surface area contributed by atoms with Gasteiger partial charge in [-0.25, -0.2) is 0 Å². The van der Waals surface area contributed by atoms with E-state index in [1.54, 1.807) is 12.1 Å². The topological polar surface area (TPSA) is 135 Å². The summed E-state index contributed by atoms with van der Waals surface area (Å²) in [6.07, 6.45) is -4.34. The summed E-state index contributed by atoms with van der Waals surface area (Å²) in [5.41, 5.74) is 0.581. The minimum absolute atomic E-state index is 0.0756. The Balaban J connectivity index is 2.35. The average molecular weight is 449 g/mol. The first-order valence-electron chi connectivity index (χ1n) is 7.93. The summed E-state index contributed by atoms with van der Waals surface area (Å²) in [6.45, 7) is -0.580. The van der Waals surface area contributed by atoms with Crippen molar-refractivity contribution in [1.82, 2.24) is 0 Å². The van der Waals surface area contributed by atoms with Gasteiger partial charge in [0.05, 0.1) is 20.8 Å². The molecule has 1 saturated heterocycles. The molecular weight excluding hydrogens is 428 g/mol. The van der Waals surface area contributed by atoms with Crippen molar-refractivity contribution >= 4 is 26.7 Å². The fraction of sp³-hybridized carbons (Fsp3) is 0.471. The summed E-state index contributed by atoms with van der Waals surface area (Å²) in [4.78, 5) is 11.0. The largest absolute Gasteiger partial charge is 0.493 e. The molecule has 0 spiro atoms. The number of carbonyl (C=O) groups is 1. The van der Waals surface area contributed by atoms with Crippen LogP contribution in [0.5, 0.6) is 17.2 Å².